The van der Waals surface area contributed by atoms with E-state index in [-0.39, 0.29) is 5.92 Å². The molecule has 2 heteroatoms. The monoisotopic (exact) mass is 242 g/mol. The molecule has 0 aliphatic rings. The van der Waals surface area contributed by atoms with Gasteiger partial charge in [0, 0.05) is 0 Å². The molecule has 0 rings (SSSR count). The lowest BCUT2D eigenvalue weighted by Gasteiger charge is -2.21. The molecule has 2 unspecified atom stereocenters. The van der Waals surface area contributed by atoms with Gasteiger partial charge in [-0.3, -0.25) is 4.79 Å². The van der Waals surface area contributed by atoms with Gasteiger partial charge >= 0.3 is 5.97 Å². The zero-order chi connectivity index (χ0) is 13.3. The zero-order valence-electron chi connectivity index (χ0n) is 12.0. The Hall–Kier alpha value is -0.530. The lowest BCUT2D eigenvalue weighted by Crippen LogP contribution is -2.20. The summed E-state index contributed by atoms with van der Waals surface area (Å²) in [7, 11) is 0. The summed E-state index contributed by atoms with van der Waals surface area (Å²) < 4.78 is 0. The fraction of sp³-hybridized carbons (Fsp3) is 0.933. The minimum Gasteiger partial charge on any atom is -0.481 e. The fourth-order valence-corrected chi connectivity index (χ4v) is 2.55. The van der Waals surface area contributed by atoms with Crippen molar-refractivity contribution in [2.45, 2.75) is 72.6 Å². The van der Waals surface area contributed by atoms with E-state index in [1.807, 2.05) is 0 Å². The van der Waals surface area contributed by atoms with Crippen LogP contribution < -0.4 is 0 Å². The standard InChI is InChI=1S/C15H30O2/c1-5-7-9-13(8-6-2)11-14(15(16)17)10-12(3)4/h12-14H,5-11H2,1-4H3,(H,16,17). The van der Waals surface area contributed by atoms with Crippen LogP contribution in [0.2, 0.25) is 0 Å². The SMILES string of the molecule is CCCCC(CCC)CC(CC(C)C)C(=O)O. The maximum Gasteiger partial charge on any atom is 0.306 e. The number of aliphatic carboxylic acids is 1. The van der Waals surface area contributed by atoms with Crippen LogP contribution in [0, 0.1) is 17.8 Å². The minimum absolute atomic E-state index is 0.136. The van der Waals surface area contributed by atoms with E-state index < -0.39 is 5.97 Å². The Balaban J connectivity index is 4.28. The van der Waals surface area contributed by atoms with E-state index in [0.717, 1.165) is 12.8 Å². The highest BCUT2D eigenvalue weighted by Crippen LogP contribution is 2.27. The maximum absolute atomic E-state index is 11.2. The van der Waals surface area contributed by atoms with Gasteiger partial charge in [0.2, 0.25) is 0 Å². The van der Waals surface area contributed by atoms with Gasteiger partial charge in [-0.1, -0.05) is 59.8 Å². The summed E-state index contributed by atoms with van der Waals surface area (Å²) in [5, 5.41) is 9.26. The van der Waals surface area contributed by atoms with Crippen molar-refractivity contribution in [3.05, 3.63) is 0 Å². The minimum atomic E-state index is -0.601. The Labute approximate surface area is 107 Å². The summed E-state index contributed by atoms with van der Waals surface area (Å²) in [5.74, 6) is 0.351. The smallest absolute Gasteiger partial charge is 0.306 e. The van der Waals surface area contributed by atoms with Gasteiger partial charge in [-0.05, 0) is 24.7 Å². The second kappa shape index (κ2) is 9.49. The van der Waals surface area contributed by atoms with Crippen molar-refractivity contribution in [3.63, 3.8) is 0 Å². The van der Waals surface area contributed by atoms with E-state index >= 15 is 0 Å². The molecular formula is C15H30O2. The van der Waals surface area contributed by atoms with Crippen LogP contribution in [0.4, 0.5) is 0 Å². The number of hydrogen-bond donors (Lipinski definition) is 1. The number of hydrogen-bond acceptors (Lipinski definition) is 1. The second-order valence-electron chi connectivity index (χ2n) is 5.70. The average molecular weight is 242 g/mol. The van der Waals surface area contributed by atoms with E-state index in [1.165, 1.54) is 32.1 Å². The van der Waals surface area contributed by atoms with Crippen molar-refractivity contribution in [2.75, 3.05) is 0 Å². The lowest BCUT2D eigenvalue weighted by molar-refractivity contribution is -0.143. The summed E-state index contributed by atoms with van der Waals surface area (Å²) in [6, 6.07) is 0. The first-order chi connectivity index (χ1) is 8.01. The maximum atomic E-state index is 11.2. The zero-order valence-corrected chi connectivity index (χ0v) is 12.0. The highest BCUT2D eigenvalue weighted by molar-refractivity contribution is 5.69. The predicted molar refractivity (Wildman–Crippen MR) is 73.1 cm³/mol. The Morgan fingerprint density at radius 2 is 1.71 bits per heavy atom. The third-order valence-electron chi connectivity index (χ3n) is 3.39. The average Bonchev–Trinajstić information content (AvgIpc) is 2.24. The molecule has 0 saturated carbocycles. The van der Waals surface area contributed by atoms with E-state index in [9.17, 15) is 9.90 Å². The van der Waals surface area contributed by atoms with Crippen molar-refractivity contribution in [1.82, 2.24) is 0 Å². The molecule has 0 spiro atoms. The summed E-state index contributed by atoms with van der Waals surface area (Å²) in [5.41, 5.74) is 0. The van der Waals surface area contributed by atoms with Gasteiger partial charge in [-0.2, -0.15) is 0 Å². The molecule has 17 heavy (non-hydrogen) atoms. The molecule has 0 radical (unpaired) electrons. The van der Waals surface area contributed by atoms with E-state index in [0.29, 0.717) is 11.8 Å². The number of carbonyl (C=O) groups is 1. The molecule has 102 valence electrons. The second-order valence-corrected chi connectivity index (χ2v) is 5.70. The van der Waals surface area contributed by atoms with E-state index in [4.69, 9.17) is 0 Å². The van der Waals surface area contributed by atoms with Crippen LogP contribution >= 0.6 is 0 Å². The van der Waals surface area contributed by atoms with Crippen LogP contribution in [0.1, 0.15) is 72.6 Å². The number of carboxylic acids is 1. The normalized spacial score (nSPS) is 14.9. The van der Waals surface area contributed by atoms with Crippen molar-refractivity contribution >= 4 is 5.97 Å². The Kier molecular flexibility index (Phi) is 9.20. The lowest BCUT2D eigenvalue weighted by atomic mass is 9.84. The first-order valence-corrected chi connectivity index (χ1v) is 7.23. The van der Waals surface area contributed by atoms with Crippen LogP contribution in [-0.2, 0) is 4.79 Å². The Morgan fingerprint density at radius 1 is 1.06 bits per heavy atom. The summed E-state index contributed by atoms with van der Waals surface area (Å²) in [6.07, 6.45) is 7.69. The number of carboxylic acid groups (broad SMARTS) is 1. The van der Waals surface area contributed by atoms with Crippen molar-refractivity contribution in [3.8, 4) is 0 Å². The summed E-state index contributed by atoms with van der Waals surface area (Å²) in [4.78, 5) is 11.2. The quantitative estimate of drug-likeness (QED) is 0.601. The van der Waals surface area contributed by atoms with Crippen LogP contribution in [0.3, 0.4) is 0 Å². The Morgan fingerprint density at radius 3 is 2.12 bits per heavy atom. The first-order valence-electron chi connectivity index (χ1n) is 7.23. The van der Waals surface area contributed by atoms with Crippen LogP contribution in [0.5, 0.6) is 0 Å². The first kappa shape index (κ1) is 16.5. The molecule has 0 aromatic carbocycles. The molecule has 2 atom stereocenters. The summed E-state index contributed by atoms with van der Waals surface area (Å²) in [6.45, 7) is 8.61. The van der Waals surface area contributed by atoms with E-state index in [2.05, 4.69) is 27.7 Å². The molecule has 0 aromatic rings. The van der Waals surface area contributed by atoms with Gasteiger partial charge < -0.3 is 5.11 Å². The molecular weight excluding hydrogens is 212 g/mol. The topological polar surface area (TPSA) is 37.3 Å². The fourth-order valence-electron chi connectivity index (χ4n) is 2.55. The Bertz CT molecular complexity index is 199. The van der Waals surface area contributed by atoms with Gasteiger partial charge in [0.05, 0.1) is 5.92 Å². The van der Waals surface area contributed by atoms with Gasteiger partial charge in [-0.25, -0.2) is 0 Å². The molecule has 1 N–H and O–H groups in total. The third kappa shape index (κ3) is 8.23. The number of unbranched alkanes of at least 4 members (excludes halogenated alkanes) is 1. The van der Waals surface area contributed by atoms with Gasteiger partial charge in [-0.15, -0.1) is 0 Å². The highest BCUT2D eigenvalue weighted by Gasteiger charge is 2.22. The van der Waals surface area contributed by atoms with Gasteiger partial charge in [0.1, 0.15) is 0 Å². The van der Waals surface area contributed by atoms with E-state index in [1.54, 1.807) is 0 Å². The molecule has 0 heterocycles. The molecule has 0 bridgehead atoms. The molecule has 2 nitrogen and oxygen atoms in total. The van der Waals surface area contributed by atoms with Gasteiger partial charge in [0.25, 0.3) is 0 Å². The molecule has 0 fully saturated rings. The molecule has 0 aliphatic carbocycles. The van der Waals surface area contributed by atoms with Crippen molar-refractivity contribution in [1.29, 1.82) is 0 Å². The van der Waals surface area contributed by atoms with Crippen LogP contribution in [-0.4, -0.2) is 11.1 Å². The predicted octanol–water partition coefficient (Wildman–Crippen LogP) is 4.73. The van der Waals surface area contributed by atoms with Crippen LogP contribution in [0.15, 0.2) is 0 Å². The molecule has 0 aliphatic heterocycles. The van der Waals surface area contributed by atoms with Crippen molar-refractivity contribution < 1.29 is 9.90 Å². The highest BCUT2D eigenvalue weighted by atomic mass is 16.4. The summed E-state index contributed by atoms with van der Waals surface area (Å²) >= 11 is 0. The number of rotatable bonds is 10. The largest absolute Gasteiger partial charge is 0.481 e. The van der Waals surface area contributed by atoms with Crippen LogP contribution in [0.25, 0.3) is 0 Å². The van der Waals surface area contributed by atoms with Crippen molar-refractivity contribution in [2.24, 2.45) is 17.8 Å². The third-order valence-corrected chi connectivity index (χ3v) is 3.39. The van der Waals surface area contributed by atoms with Gasteiger partial charge in [0.15, 0.2) is 0 Å². The molecule has 0 amide bonds. The molecule has 0 aromatic heterocycles. The molecule has 0 saturated heterocycles.